The van der Waals surface area contributed by atoms with Crippen LogP contribution < -0.4 is 14.8 Å². The summed E-state index contributed by atoms with van der Waals surface area (Å²) >= 11 is 7.38. The Bertz CT molecular complexity index is 1340. The van der Waals surface area contributed by atoms with E-state index in [1.165, 1.54) is 34.0 Å². The summed E-state index contributed by atoms with van der Waals surface area (Å²) in [6.07, 6.45) is 1.81. The van der Waals surface area contributed by atoms with E-state index >= 15 is 0 Å². The predicted molar refractivity (Wildman–Crippen MR) is 145 cm³/mol. The number of amides is 1. The Labute approximate surface area is 215 Å². The normalized spacial score (nSPS) is 15.5. The summed E-state index contributed by atoms with van der Waals surface area (Å²) in [5, 5.41) is 3.93. The number of carbonyl (C=O) groups is 1. The van der Waals surface area contributed by atoms with Crippen molar-refractivity contribution < 1.29 is 14.3 Å². The summed E-state index contributed by atoms with van der Waals surface area (Å²) in [5.74, 6) is 1.06. The summed E-state index contributed by atoms with van der Waals surface area (Å²) in [4.78, 5) is 17.6. The van der Waals surface area contributed by atoms with Gasteiger partial charge in [0.25, 0.3) is 5.91 Å². The number of benzene rings is 3. The van der Waals surface area contributed by atoms with Crippen molar-refractivity contribution in [3.05, 3.63) is 91.8 Å². The third-order valence-corrected chi connectivity index (χ3v) is 6.89. The molecule has 0 aliphatic carbocycles. The van der Waals surface area contributed by atoms with Gasteiger partial charge in [-0.25, -0.2) is 4.99 Å². The number of aryl methyl sites for hydroxylation is 4. The Kier molecular flexibility index (Phi) is 7.53. The van der Waals surface area contributed by atoms with Crippen LogP contribution in [0.5, 0.6) is 11.5 Å². The van der Waals surface area contributed by atoms with Gasteiger partial charge >= 0.3 is 0 Å². The van der Waals surface area contributed by atoms with Gasteiger partial charge in [0.15, 0.2) is 16.7 Å². The Morgan fingerprint density at radius 2 is 1.71 bits per heavy atom. The van der Waals surface area contributed by atoms with Crippen LogP contribution in [0, 0.1) is 27.7 Å². The number of nitrogens with one attached hydrogen (secondary N) is 1. The molecule has 5 nitrogen and oxygen atoms in total. The van der Waals surface area contributed by atoms with Crippen molar-refractivity contribution >= 4 is 46.2 Å². The van der Waals surface area contributed by atoms with Crippen molar-refractivity contribution in [3.8, 4) is 11.5 Å². The number of hydrogen-bond donors (Lipinski definition) is 1. The molecule has 35 heavy (non-hydrogen) atoms. The number of aliphatic imine (C=N–C) groups is 1. The van der Waals surface area contributed by atoms with Gasteiger partial charge in [0, 0.05) is 5.02 Å². The monoisotopic (exact) mass is 506 g/mol. The topological polar surface area (TPSA) is 59.9 Å². The highest BCUT2D eigenvalue weighted by atomic mass is 35.5. The molecule has 1 aliphatic rings. The zero-order valence-corrected chi connectivity index (χ0v) is 21.9. The van der Waals surface area contributed by atoms with Crippen molar-refractivity contribution in [1.29, 1.82) is 0 Å². The molecule has 1 heterocycles. The van der Waals surface area contributed by atoms with Crippen molar-refractivity contribution in [2.75, 3.05) is 7.11 Å². The summed E-state index contributed by atoms with van der Waals surface area (Å²) in [6.45, 7) is 8.69. The van der Waals surface area contributed by atoms with Crippen molar-refractivity contribution in [1.82, 2.24) is 5.32 Å². The molecule has 0 saturated carbocycles. The maximum absolute atomic E-state index is 12.5. The fourth-order valence-electron chi connectivity index (χ4n) is 3.93. The van der Waals surface area contributed by atoms with Crippen molar-refractivity contribution in [2.45, 2.75) is 34.3 Å². The first-order chi connectivity index (χ1) is 16.7. The first kappa shape index (κ1) is 24.9. The predicted octanol–water partition coefficient (Wildman–Crippen LogP) is 7.05. The van der Waals surface area contributed by atoms with Gasteiger partial charge in [-0.2, -0.15) is 0 Å². The van der Waals surface area contributed by atoms with E-state index in [1.807, 2.05) is 43.3 Å². The first-order valence-corrected chi connectivity index (χ1v) is 12.4. The standard InChI is InChI=1S/C28H27ClN2O3S/c1-16-10-18(3)22(19(4)11-16)15-34-24-9-7-20(12-25(24)33-5)13-26-27(32)31-28(35-26)30-23-14-21(29)8-6-17(23)2/h6-14H,15H2,1-5H3,(H,30,31,32)/b26-13-. The van der Waals surface area contributed by atoms with Crippen LogP contribution >= 0.6 is 23.4 Å². The van der Waals surface area contributed by atoms with Crippen molar-refractivity contribution in [3.63, 3.8) is 0 Å². The second kappa shape index (κ2) is 10.6. The number of hydrogen-bond acceptors (Lipinski definition) is 5. The molecular formula is C28H27ClN2O3S. The lowest BCUT2D eigenvalue weighted by molar-refractivity contribution is -0.115. The van der Waals surface area contributed by atoms with Gasteiger partial charge in [-0.05, 0) is 97.6 Å². The number of methoxy groups -OCH3 is 1. The largest absolute Gasteiger partial charge is 0.493 e. The minimum absolute atomic E-state index is 0.196. The minimum atomic E-state index is -0.196. The van der Waals surface area contributed by atoms with Crippen LogP contribution in [0.25, 0.3) is 6.08 Å². The van der Waals surface area contributed by atoms with E-state index in [4.69, 9.17) is 21.1 Å². The van der Waals surface area contributed by atoms with Gasteiger partial charge in [0.1, 0.15) is 6.61 Å². The molecule has 180 valence electrons. The smallest absolute Gasteiger partial charge is 0.264 e. The van der Waals surface area contributed by atoms with Crippen molar-refractivity contribution in [2.24, 2.45) is 4.99 Å². The SMILES string of the molecule is COc1cc(/C=C2\SC(=Nc3cc(Cl)ccc3C)NC2=O)ccc1OCc1c(C)cc(C)cc1C. The van der Waals surface area contributed by atoms with Crippen LogP contribution in [-0.2, 0) is 11.4 Å². The molecule has 1 N–H and O–H groups in total. The van der Waals surface area contributed by atoms with E-state index in [0.717, 1.165) is 16.8 Å². The highest BCUT2D eigenvalue weighted by Crippen LogP contribution is 2.34. The number of rotatable bonds is 6. The van der Waals surface area contributed by atoms with Crippen LogP contribution in [0.15, 0.2) is 58.4 Å². The lowest BCUT2D eigenvalue weighted by Gasteiger charge is -2.15. The van der Waals surface area contributed by atoms with Gasteiger partial charge in [0.05, 0.1) is 17.7 Å². The van der Waals surface area contributed by atoms with E-state index in [-0.39, 0.29) is 5.91 Å². The molecule has 0 atom stereocenters. The number of ether oxygens (including phenoxy) is 2. The molecule has 0 spiro atoms. The Morgan fingerprint density at radius 3 is 2.43 bits per heavy atom. The van der Waals surface area contributed by atoms with Gasteiger partial charge in [-0.1, -0.05) is 41.4 Å². The maximum Gasteiger partial charge on any atom is 0.264 e. The fraction of sp³-hybridized carbons (Fsp3) is 0.214. The molecule has 1 amide bonds. The van der Waals surface area contributed by atoms with Gasteiger partial charge in [0.2, 0.25) is 0 Å². The zero-order chi connectivity index (χ0) is 25.1. The molecule has 0 aromatic heterocycles. The molecule has 1 fully saturated rings. The van der Waals surface area contributed by atoms with E-state index in [9.17, 15) is 4.79 Å². The van der Waals surface area contributed by atoms with Crippen LogP contribution in [0.1, 0.15) is 33.4 Å². The molecule has 1 saturated heterocycles. The van der Waals surface area contributed by atoms with Gasteiger partial charge in [-0.3, -0.25) is 4.79 Å². The summed E-state index contributed by atoms with van der Waals surface area (Å²) in [7, 11) is 1.61. The number of amidine groups is 1. The molecule has 0 bridgehead atoms. The Morgan fingerprint density at radius 1 is 0.971 bits per heavy atom. The van der Waals surface area contributed by atoms with E-state index < -0.39 is 0 Å². The second-order valence-electron chi connectivity index (χ2n) is 8.49. The Hall–Kier alpha value is -3.22. The molecule has 3 aromatic carbocycles. The molecule has 4 rings (SSSR count). The van der Waals surface area contributed by atoms with Crippen LogP contribution in [0.4, 0.5) is 5.69 Å². The average molecular weight is 507 g/mol. The van der Waals surface area contributed by atoms with Crippen LogP contribution in [0.3, 0.4) is 0 Å². The third kappa shape index (κ3) is 5.89. The molecule has 0 radical (unpaired) electrons. The Balaban J connectivity index is 1.52. The minimum Gasteiger partial charge on any atom is -0.493 e. The lowest BCUT2D eigenvalue weighted by Crippen LogP contribution is -2.19. The third-order valence-electron chi connectivity index (χ3n) is 5.74. The van der Waals surface area contributed by atoms with E-state index in [0.29, 0.717) is 33.2 Å². The van der Waals surface area contributed by atoms with E-state index in [1.54, 1.807) is 13.2 Å². The number of thioether (sulfide) groups is 1. The highest BCUT2D eigenvalue weighted by molar-refractivity contribution is 8.18. The molecule has 3 aromatic rings. The highest BCUT2D eigenvalue weighted by Gasteiger charge is 2.24. The van der Waals surface area contributed by atoms with Gasteiger partial charge < -0.3 is 14.8 Å². The summed E-state index contributed by atoms with van der Waals surface area (Å²) in [6, 6.07) is 15.5. The molecular weight excluding hydrogens is 480 g/mol. The zero-order valence-electron chi connectivity index (χ0n) is 20.4. The van der Waals surface area contributed by atoms with E-state index in [2.05, 4.69) is 43.2 Å². The number of nitrogens with zero attached hydrogens (tertiary/aromatic N) is 1. The molecule has 1 aliphatic heterocycles. The summed E-state index contributed by atoms with van der Waals surface area (Å²) in [5.41, 5.74) is 7.35. The fourth-order valence-corrected chi connectivity index (χ4v) is 4.93. The second-order valence-corrected chi connectivity index (χ2v) is 9.96. The maximum atomic E-state index is 12.5. The number of halogens is 1. The molecule has 0 unspecified atom stereocenters. The number of carbonyl (C=O) groups excluding carboxylic acids is 1. The van der Waals surface area contributed by atoms with Crippen LogP contribution in [0.2, 0.25) is 5.02 Å². The van der Waals surface area contributed by atoms with Gasteiger partial charge in [-0.15, -0.1) is 0 Å². The lowest BCUT2D eigenvalue weighted by atomic mass is 10.0. The quantitative estimate of drug-likeness (QED) is 0.364. The average Bonchev–Trinajstić information content (AvgIpc) is 3.14. The van der Waals surface area contributed by atoms with Crippen LogP contribution in [-0.4, -0.2) is 18.2 Å². The summed E-state index contributed by atoms with van der Waals surface area (Å²) < 4.78 is 11.7. The molecule has 7 heteroatoms. The first-order valence-electron chi connectivity index (χ1n) is 11.2.